The van der Waals surface area contributed by atoms with E-state index in [4.69, 9.17) is 0 Å². The second-order valence-electron chi connectivity index (χ2n) is 3.93. The third-order valence-electron chi connectivity index (χ3n) is 2.41. The fourth-order valence-corrected chi connectivity index (χ4v) is 1.76. The van der Waals surface area contributed by atoms with Gasteiger partial charge in [-0.15, -0.1) is 0 Å². The number of halogens is 2. The summed E-state index contributed by atoms with van der Waals surface area (Å²) >= 11 is 0. The molecule has 3 heteroatoms. The predicted octanol–water partition coefficient (Wildman–Crippen LogP) is 2.70. The Labute approximate surface area is 89.5 Å². The highest BCUT2D eigenvalue weighted by Gasteiger charge is 2.18. The smallest absolute Gasteiger partial charge is 0.254 e. The van der Waals surface area contributed by atoms with E-state index in [1.807, 2.05) is 32.0 Å². The fraction of sp³-hybridized carbons (Fsp3) is 0.500. The topological polar surface area (TPSA) is 12.0 Å². The van der Waals surface area contributed by atoms with Crippen molar-refractivity contribution in [2.75, 3.05) is 7.05 Å². The van der Waals surface area contributed by atoms with E-state index in [9.17, 15) is 8.78 Å². The molecule has 15 heavy (non-hydrogen) atoms. The second kappa shape index (κ2) is 5.21. The van der Waals surface area contributed by atoms with Crippen LogP contribution in [-0.4, -0.2) is 19.5 Å². The summed E-state index contributed by atoms with van der Waals surface area (Å²) < 4.78 is 25.0. The summed E-state index contributed by atoms with van der Waals surface area (Å²) in [5.41, 5.74) is 3.20. The van der Waals surface area contributed by atoms with Crippen molar-refractivity contribution < 1.29 is 8.78 Å². The van der Waals surface area contributed by atoms with Crippen LogP contribution in [0.15, 0.2) is 18.2 Å². The summed E-state index contributed by atoms with van der Waals surface area (Å²) in [5, 5.41) is 2.64. The normalized spacial score (nSPS) is 13.2. The molecular weight excluding hydrogens is 196 g/mol. The summed E-state index contributed by atoms with van der Waals surface area (Å²) in [6, 6.07) is 5.20. The van der Waals surface area contributed by atoms with Gasteiger partial charge in [-0.3, -0.25) is 0 Å². The van der Waals surface area contributed by atoms with E-state index in [1.54, 1.807) is 7.05 Å². The van der Waals surface area contributed by atoms with Crippen molar-refractivity contribution >= 4 is 0 Å². The summed E-state index contributed by atoms with van der Waals surface area (Å²) in [6.45, 7) is 3.96. The van der Waals surface area contributed by atoms with Gasteiger partial charge in [0.25, 0.3) is 6.43 Å². The van der Waals surface area contributed by atoms with E-state index in [1.165, 1.54) is 0 Å². The number of nitrogens with one attached hydrogen (secondary N) is 1. The molecule has 0 aromatic heterocycles. The number of benzene rings is 1. The van der Waals surface area contributed by atoms with E-state index >= 15 is 0 Å². The Bertz CT molecular complexity index is 303. The van der Waals surface area contributed by atoms with Gasteiger partial charge in [-0.2, -0.15) is 0 Å². The van der Waals surface area contributed by atoms with Crippen molar-refractivity contribution in [3.05, 3.63) is 34.9 Å². The van der Waals surface area contributed by atoms with Crippen LogP contribution < -0.4 is 5.32 Å². The minimum Gasteiger partial charge on any atom is -0.312 e. The van der Waals surface area contributed by atoms with Crippen LogP contribution in [0, 0.1) is 13.8 Å². The van der Waals surface area contributed by atoms with Gasteiger partial charge in [0.2, 0.25) is 0 Å². The van der Waals surface area contributed by atoms with Gasteiger partial charge in [0.05, 0.1) is 6.04 Å². The third-order valence-corrected chi connectivity index (χ3v) is 2.41. The second-order valence-corrected chi connectivity index (χ2v) is 3.93. The number of likely N-dealkylation sites (N-methyl/N-ethyl adjacent to an activating group) is 1. The van der Waals surface area contributed by atoms with Gasteiger partial charge in [-0.1, -0.05) is 29.3 Å². The highest BCUT2D eigenvalue weighted by molar-refractivity contribution is 5.29. The molecule has 0 aliphatic heterocycles. The van der Waals surface area contributed by atoms with Crippen LogP contribution in [0.5, 0.6) is 0 Å². The lowest BCUT2D eigenvalue weighted by Gasteiger charge is -2.15. The van der Waals surface area contributed by atoms with Crippen LogP contribution in [-0.2, 0) is 6.42 Å². The molecule has 1 aromatic carbocycles. The molecule has 1 N–H and O–H groups in total. The SMILES string of the molecule is CNC(Cc1cc(C)cc(C)c1)C(F)F. The zero-order valence-electron chi connectivity index (χ0n) is 9.35. The molecular formula is C12H17F2N. The van der Waals surface area contributed by atoms with Crippen molar-refractivity contribution in [1.29, 1.82) is 0 Å². The van der Waals surface area contributed by atoms with Crippen LogP contribution in [0.1, 0.15) is 16.7 Å². The molecule has 1 aromatic rings. The monoisotopic (exact) mass is 213 g/mol. The van der Waals surface area contributed by atoms with Gasteiger partial charge < -0.3 is 5.32 Å². The van der Waals surface area contributed by atoms with Gasteiger partial charge in [0.1, 0.15) is 0 Å². The number of rotatable bonds is 4. The summed E-state index contributed by atoms with van der Waals surface area (Å²) in [5.74, 6) is 0. The Kier molecular flexibility index (Phi) is 4.21. The first-order valence-electron chi connectivity index (χ1n) is 5.05. The standard InChI is InChI=1S/C12H17F2N/c1-8-4-9(2)6-10(5-8)7-11(15-3)12(13)14/h4-6,11-12,15H,7H2,1-3H3. The average molecular weight is 213 g/mol. The van der Waals surface area contributed by atoms with E-state index in [2.05, 4.69) is 5.32 Å². The zero-order valence-corrected chi connectivity index (χ0v) is 9.35. The van der Waals surface area contributed by atoms with Gasteiger partial charge in [-0.25, -0.2) is 8.78 Å². The molecule has 1 nitrogen and oxygen atoms in total. The summed E-state index contributed by atoms with van der Waals surface area (Å²) in [7, 11) is 1.57. The van der Waals surface area contributed by atoms with E-state index in [-0.39, 0.29) is 0 Å². The van der Waals surface area contributed by atoms with E-state index in [0.717, 1.165) is 16.7 Å². The van der Waals surface area contributed by atoms with Crippen LogP contribution in [0.3, 0.4) is 0 Å². The minimum absolute atomic E-state index is 0.372. The Hall–Kier alpha value is -0.960. The lowest BCUT2D eigenvalue weighted by Crippen LogP contribution is -2.34. The van der Waals surface area contributed by atoms with Crippen molar-refractivity contribution in [2.45, 2.75) is 32.7 Å². The van der Waals surface area contributed by atoms with E-state index in [0.29, 0.717) is 6.42 Å². The average Bonchev–Trinajstić information content (AvgIpc) is 2.12. The van der Waals surface area contributed by atoms with Crippen LogP contribution in [0.25, 0.3) is 0 Å². The molecule has 0 amide bonds. The van der Waals surface area contributed by atoms with Gasteiger partial charge in [0, 0.05) is 0 Å². The molecule has 0 spiro atoms. The Morgan fingerprint density at radius 3 is 2.07 bits per heavy atom. The fourth-order valence-electron chi connectivity index (χ4n) is 1.76. The first kappa shape index (κ1) is 12.1. The zero-order chi connectivity index (χ0) is 11.4. The predicted molar refractivity (Wildman–Crippen MR) is 58.5 cm³/mol. The molecule has 0 aliphatic rings. The molecule has 0 heterocycles. The maximum absolute atomic E-state index is 12.5. The number of hydrogen-bond acceptors (Lipinski definition) is 1. The molecule has 84 valence electrons. The molecule has 0 saturated carbocycles. The first-order chi connectivity index (χ1) is 7.02. The van der Waals surface area contributed by atoms with Crippen molar-refractivity contribution in [1.82, 2.24) is 5.32 Å². The van der Waals surface area contributed by atoms with Gasteiger partial charge in [-0.05, 0) is 32.9 Å². The maximum Gasteiger partial charge on any atom is 0.254 e. The Morgan fingerprint density at radius 2 is 1.67 bits per heavy atom. The first-order valence-corrected chi connectivity index (χ1v) is 5.05. The number of aryl methyl sites for hydroxylation is 2. The van der Waals surface area contributed by atoms with Gasteiger partial charge >= 0.3 is 0 Å². The Balaban J connectivity index is 2.79. The highest BCUT2D eigenvalue weighted by Crippen LogP contribution is 2.13. The van der Waals surface area contributed by atoms with E-state index < -0.39 is 12.5 Å². The number of alkyl halides is 2. The molecule has 0 fully saturated rings. The maximum atomic E-state index is 12.5. The lowest BCUT2D eigenvalue weighted by molar-refractivity contribution is 0.102. The Morgan fingerprint density at radius 1 is 1.13 bits per heavy atom. The molecule has 0 radical (unpaired) electrons. The van der Waals surface area contributed by atoms with Crippen LogP contribution >= 0.6 is 0 Å². The molecule has 0 bridgehead atoms. The summed E-state index contributed by atoms with van der Waals surface area (Å²) in [4.78, 5) is 0. The molecule has 0 saturated heterocycles. The largest absolute Gasteiger partial charge is 0.312 e. The summed E-state index contributed by atoms with van der Waals surface area (Å²) in [6.07, 6.45) is -1.95. The molecule has 0 aliphatic carbocycles. The van der Waals surface area contributed by atoms with Crippen molar-refractivity contribution in [2.24, 2.45) is 0 Å². The quantitative estimate of drug-likeness (QED) is 0.810. The lowest BCUT2D eigenvalue weighted by atomic mass is 10.0. The van der Waals surface area contributed by atoms with Crippen LogP contribution in [0.2, 0.25) is 0 Å². The minimum atomic E-state index is -2.32. The molecule has 1 rings (SSSR count). The molecule has 1 atom stereocenters. The third kappa shape index (κ3) is 3.59. The number of hydrogen-bond donors (Lipinski definition) is 1. The van der Waals surface area contributed by atoms with Crippen LogP contribution in [0.4, 0.5) is 8.78 Å². The van der Waals surface area contributed by atoms with Crippen molar-refractivity contribution in [3.63, 3.8) is 0 Å². The highest BCUT2D eigenvalue weighted by atomic mass is 19.3. The van der Waals surface area contributed by atoms with Crippen molar-refractivity contribution in [3.8, 4) is 0 Å². The van der Waals surface area contributed by atoms with Gasteiger partial charge in [0.15, 0.2) is 0 Å². The molecule has 1 unspecified atom stereocenters.